The van der Waals surface area contributed by atoms with Crippen LogP contribution in [0.3, 0.4) is 0 Å². The molecular weight excluding hydrogens is 1130 g/mol. The Labute approximate surface area is 530 Å². The number of hydrogen-bond acceptors (Lipinski definition) is 18. The number of amides is 1. The van der Waals surface area contributed by atoms with Crippen molar-refractivity contribution in [2.24, 2.45) is 0 Å². The lowest BCUT2D eigenvalue weighted by atomic mass is 9.96. The Morgan fingerprint density at radius 1 is 0.398 bits per heavy atom. The predicted octanol–water partition coefficient (Wildman–Crippen LogP) is 9.22. The van der Waals surface area contributed by atoms with E-state index in [9.17, 15) is 61.0 Å². The maximum absolute atomic E-state index is 13.4. The number of ether oxygens (including phenoxy) is 6. The molecule has 3 aliphatic heterocycles. The van der Waals surface area contributed by atoms with E-state index in [4.69, 9.17) is 28.4 Å². The summed E-state index contributed by atoms with van der Waals surface area (Å²) in [5, 5.41) is 120. The second kappa shape index (κ2) is 51.4. The number of hydrogen-bond donors (Lipinski definition) is 12. The Morgan fingerprint density at radius 2 is 0.727 bits per heavy atom. The van der Waals surface area contributed by atoms with Crippen molar-refractivity contribution in [1.29, 1.82) is 0 Å². The van der Waals surface area contributed by atoms with Crippen molar-refractivity contribution in [2.45, 2.75) is 369 Å². The van der Waals surface area contributed by atoms with Gasteiger partial charge in [-0.15, -0.1) is 0 Å². The molecule has 0 aromatic heterocycles. The van der Waals surface area contributed by atoms with Crippen molar-refractivity contribution in [2.75, 3.05) is 26.4 Å². The van der Waals surface area contributed by atoms with E-state index < -0.39 is 124 Å². The van der Waals surface area contributed by atoms with Crippen LogP contribution in [0.2, 0.25) is 0 Å². The summed E-state index contributed by atoms with van der Waals surface area (Å²) in [5.41, 5.74) is 0. The molecule has 3 saturated heterocycles. The number of nitrogens with one attached hydrogen (secondary N) is 1. The molecule has 0 aromatic carbocycles. The Morgan fingerprint density at radius 3 is 1.14 bits per heavy atom. The van der Waals surface area contributed by atoms with Crippen molar-refractivity contribution in [3.05, 3.63) is 36.5 Å². The summed E-state index contributed by atoms with van der Waals surface area (Å²) in [6, 6.07) is -0.992. The van der Waals surface area contributed by atoms with E-state index in [-0.39, 0.29) is 18.9 Å². The van der Waals surface area contributed by atoms with Crippen molar-refractivity contribution >= 4 is 5.91 Å². The molecular formula is C69H127NO18. The molecule has 12 N–H and O–H groups in total. The molecule has 3 fully saturated rings. The third kappa shape index (κ3) is 33.2. The third-order valence-electron chi connectivity index (χ3n) is 17.7. The molecule has 0 aliphatic carbocycles. The molecule has 19 nitrogen and oxygen atoms in total. The molecule has 3 rings (SSSR count). The fourth-order valence-corrected chi connectivity index (χ4v) is 11.9. The highest BCUT2D eigenvalue weighted by Gasteiger charge is 2.53. The van der Waals surface area contributed by atoms with Gasteiger partial charge < -0.3 is 89.9 Å². The standard InChI is InChI=1S/C69H127NO18/c1-3-5-7-9-11-13-15-17-19-21-23-24-25-26-27-28-29-30-32-34-36-38-40-42-44-46-53(74)52(70-57(75)47-45-43-41-39-37-35-33-31-22-20-18-16-14-12-10-8-6-4-2)51-83-67-63(81)60(78)65(55(49-72)85-67)88-69-64(82)61(79)66(56(50-73)86-69)87-68-62(80)59(77)58(76)54(48-71)84-68/h20,22,36,38,44,46,52-56,58-69,71-74,76-82H,3-19,21,23-35,37,39-43,45,47-51H2,1-2H3,(H,70,75)/b22-20-,38-36+,46-44+. The maximum Gasteiger partial charge on any atom is 0.220 e. The van der Waals surface area contributed by atoms with Gasteiger partial charge >= 0.3 is 0 Å². The van der Waals surface area contributed by atoms with Crippen molar-refractivity contribution in [3.63, 3.8) is 0 Å². The summed E-state index contributed by atoms with van der Waals surface area (Å²) >= 11 is 0. The monoisotopic (exact) mass is 1260 g/mol. The summed E-state index contributed by atoms with van der Waals surface area (Å²) in [7, 11) is 0. The lowest BCUT2D eigenvalue weighted by Crippen LogP contribution is -2.66. The van der Waals surface area contributed by atoms with Crippen LogP contribution in [0.4, 0.5) is 0 Å². The molecule has 88 heavy (non-hydrogen) atoms. The van der Waals surface area contributed by atoms with E-state index in [2.05, 4.69) is 43.5 Å². The maximum atomic E-state index is 13.4. The molecule has 0 aromatic rings. The molecule has 0 radical (unpaired) electrons. The average molecular weight is 1260 g/mol. The fraction of sp³-hybridized carbons (Fsp3) is 0.899. The second-order valence-electron chi connectivity index (χ2n) is 25.3. The Bertz CT molecular complexity index is 1740. The van der Waals surface area contributed by atoms with Crippen LogP contribution in [0, 0.1) is 0 Å². The van der Waals surface area contributed by atoms with Crippen molar-refractivity contribution < 1.29 is 89.4 Å². The minimum Gasteiger partial charge on any atom is -0.394 e. The van der Waals surface area contributed by atoms with Gasteiger partial charge in [-0.1, -0.05) is 237 Å². The minimum atomic E-state index is -1.98. The fourth-order valence-electron chi connectivity index (χ4n) is 11.9. The van der Waals surface area contributed by atoms with E-state index in [1.54, 1.807) is 6.08 Å². The molecule has 3 heterocycles. The zero-order valence-corrected chi connectivity index (χ0v) is 54.5. The first-order valence-electron chi connectivity index (χ1n) is 35.2. The highest BCUT2D eigenvalue weighted by atomic mass is 16.8. The lowest BCUT2D eigenvalue weighted by Gasteiger charge is -2.48. The van der Waals surface area contributed by atoms with E-state index >= 15 is 0 Å². The number of carbonyl (C=O) groups is 1. The minimum absolute atomic E-state index is 0.231. The average Bonchev–Trinajstić information content (AvgIpc) is 3.72. The van der Waals surface area contributed by atoms with Gasteiger partial charge in [0.1, 0.15) is 73.2 Å². The van der Waals surface area contributed by atoms with Crippen LogP contribution in [0.1, 0.15) is 264 Å². The molecule has 516 valence electrons. The van der Waals surface area contributed by atoms with Crippen molar-refractivity contribution in [1.82, 2.24) is 5.32 Å². The Hall–Kier alpha value is -1.99. The van der Waals surface area contributed by atoms with Gasteiger partial charge in [0.15, 0.2) is 18.9 Å². The molecule has 3 aliphatic rings. The van der Waals surface area contributed by atoms with Gasteiger partial charge in [0.2, 0.25) is 5.91 Å². The Kier molecular flexibility index (Phi) is 46.9. The second-order valence-corrected chi connectivity index (χ2v) is 25.3. The molecule has 17 unspecified atom stereocenters. The quantitative estimate of drug-likeness (QED) is 0.0199. The van der Waals surface area contributed by atoms with Gasteiger partial charge in [0.05, 0.1) is 38.6 Å². The smallest absolute Gasteiger partial charge is 0.220 e. The topological polar surface area (TPSA) is 307 Å². The third-order valence-corrected chi connectivity index (χ3v) is 17.7. The zero-order valence-electron chi connectivity index (χ0n) is 54.5. The summed E-state index contributed by atoms with van der Waals surface area (Å²) in [6.07, 6.45) is 32.7. The van der Waals surface area contributed by atoms with Gasteiger partial charge in [0, 0.05) is 6.42 Å². The number of carbonyl (C=O) groups excluding carboxylic acids is 1. The van der Waals surface area contributed by atoms with Gasteiger partial charge in [-0.2, -0.15) is 0 Å². The van der Waals surface area contributed by atoms with Crippen LogP contribution in [-0.2, 0) is 33.2 Å². The molecule has 0 bridgehead atoms. The summed E-state index contributed by atoms with van der Waals surface area (Å²) in [5.74, 6) is -0.288. The molecule has 1 amide bonds. The van der Waals surface area contributed by atoms with Gasteiger partial charge in [-0.25, -0.2) is 0 Å². The highest BCUT2D eigenvalue weighted by Crippen LogP contribution is 2.33. The van der Waals surface area contributed by atoms with Gasteiger partial charge in [0.25, 0.3) is 0 Å². The van der Waals surface area contributed by atoms with Gasteiger partial charge in [-0.3, -0.25) is 4.79 Å². The van der Waals surface area contributed by atoms with E-state index in [0.29, 0.717) is 12.8 Å². The number of rotatable bonds is 54. The van der Waals surface area contributed by atoms with E-state index in [1.165, 1.54) is 180 Å². The predicted molar refractivity (Wildman–Crippen MR) is 342 cm³/mol. The first kappa shape index (κ1) is 80.2. The largest absolute Gasteiger partial charge is 0.394 e. The van der Waals surface area contributed by atoms with Crippen LogP contribution in [0.5, 0.6) is 0 Å². The highest BCUT2D eigenvalue weighted by molar-refractivity contribution is 5.76. The lowest BCUT2D eigenvalue weighted by molar-refractivity contribution is -0.379. The van der Waals surface area contributed by atoms with Crippen molar-refractivity contribution in [3.8, 4) is 0 Å². The molecule has 0 saturated carbocycles. The number of allylic oxidation sites excluding steroid dienone is 5. The van der Waals surface area contributed by atoms with Gasteiger partial charge in [-0.05, 0) is 57.8 Å². The first-order chi connectivity index (χ1) is 42.8. The summed E-state index contributed by atoms with van der Waals surface area (Å²) in [4.78, 5) is 13.4. The van der Waals surface area contributed by atoms with E-state index in [1.807, 2.05) is 6.08 Å². The van der Waals surface area contributed by atoms with Crippen LogP contribution in [0.25, 0.3) is 0 Å². The molecule has 0 spiro atoms. The SMILES string of the molecule is CCCCCCCCC/C=C\CCCCCCCCCC(=O)NC(COC1OC(CO)C(OC2OC(CO)C(OC3OC(CO)C(O)C(O)C3O)C(O)C2O)C(O)C1O)C(O)/C=C/CC/C=C/CCCCCCCCCCCCCCCCCCCCC. The molecule has 19 heteroatoms. The summed E-state index contributed by atoms with van der Waals surface area (Å²) < 4.78 is 34.3. The van der Waals surface area contributed by atoms with Crippen LogP contribution in [-0.4, -0.2) is 193 Å². The van der Waals surface area contributed by atoms with E-state index in [0.717, 1.165) is 51.4 Å². The number of aliphatic hydroxyl groups excluding tert-OH is 11. The Balaban J connectivity index is 1.45. The van der Waals surface area contributed by atoms with Crippen LogP contribution < -0.4 is 5.32 Å². The molecule has 17 atom stereocenters. The summed E-state index contributed by atoms with van der Waals surface area (Å²) in [6.45, 7) is 1.73. The van der Waals surface area contributed by atoms with Crippen LogP contribution >= 0.6 is 0 Å². The zero-order chi connectivity index (χ0) is 64.0. The number of aliphatic hydroxyl groups is 11. The van der Waals surface area contributed by atoms with Crippen LogP contribution in [0.15, 0.2) is 36.5 Å². The first-order valence-corrected chi connectivity index (χ1v) is 35.2. The number of unbranched alkanes of at least 4 members (excludes halogenated alkanes) is 34. The normalized spacial score (nSPS) is 28.6.